The summed E-state index contributed by atoms with van der Waals surface area (Å²) < 4.78 is 0. The van der Waals surface area contributed by atoms with Crippen LogP contribution in [0.15, 0.2) is 18.3 Å². The summed E-state index contributed by atoms with van der Waals surface area (Å²) in [7, 11) is -1.34. The lowest BCUT2D eigenvalue weighted by Crippen LogP contribution is -2.39. The molecule has 0 aliphatic rings. The summed E-state index contributed by atoms with van der Waals surface area (Å²) in [6.07, 6.45) is 1.71. The summed E-state index contributed by atoms with van der Waals surface area (Å²) >= 11 is 0. The Hall–Kier alpha value is -1.14. The molecule has 1 rings (SSSR count). The van der Waals surface area contributed by atoms with Crippen molar-refractivity contribution in [2.45, 2.75) is 19.6 Å². The van der Waals surface area contributed by atoms with Gasteiger partial charge in [0, 0.05) is 11.5 Å². The number of hydrogen-bond acceptors (Lipinski definition) is 2. The Labute approximate surface area is 73.9 Å². The van der Waals surface area contributed by atoms with Gasteiger partial charge in [-0.3, -0.25) is 4.98 Å². The third kappa shape index (κ3) is 1.92. The third-order valence-electron chi connectivity index (χ3n) is 1.66. The largest absolute Gasteiger partial charge is 0.266 e. The minimum Gasteiger partial charge on any atom is -0.266 e. The van der Waals surface area contributed by atoms with Gasteiger partial charge in [-0.2, -0.15) is 5.26 Å². The van der Waals surface area contributed by atoms with Crippen molar-refractivity contribution in [3.63, 3.8) is 0 Å². The van der Waals surface area contributed by atoms with Crippen molar-refractivity contribution >= 4 is 13.4 Å². The molecule has 0 N–H and O–H groups in total. The second-order valence-electron chi connectivity index (χ2n) is 3.79. The van der Waals surface area contributed by atoms with Crippen LogP contribution in [-0.2, 0) is 0 Å². The van der Waals surface area contributed by atoms with Gasteiger partial charge in [-0.05, 0) is 12.1 Å². The zero-order valence-corrected chi connectivity index (χ0v) is 8.63. The van der Waals surface area contributed by atoms with Crippen LogP contribution in [0, 0.1) is 11.3 Å². The zero-order valence-electron chi connectivity index (χ0n) is 7.63. The third-order valence-corrected chi connectivity index (χ3v) is 3.47. The fourth-order valence-electron chi connectivity index (χ4n) is 0.910. The lowest BCUT2D eigenvalue weighted by molar-refractivity contribution is 1.34. The smallest absolute Gasteiger partial charge is 0.101 e. The van der Waals surface area contributed by atoms with E-state index in [1.54, 1.807) is 12.3 Å². The van der Waals surface area contributed by atoms with E-state index in [-0.39, 0.29) is 0 Å². The van der Waals surface area contributed by atoms with Gasteiger partial charge in [0.15, 0.2) is 0 Å². The predicted octanol–water partition coefficient (Wildman–Crippen LogP) is 1.50. The molecule has 0 bridgehead atoms. The van der Waals surface area contributed by atoms with Crippen LogP contribution >= 0.6 is 0 Å². The van der Waals surface area contributed by atoms with Crippen molar-refractivity contribution in [2.24, 2.45) is 0 Å². The summed E-state index contributed by atoms with van der Waals surface area (Å²) in [5.41, 5.74) is 0.711. The van der Waals surface area contributed by atoms with E-state index in [4.69, 9.17) is 5.26 Å². The molecule has 0 atom stereocenters. The second kappa shape index (κ2) is 3.08. The molecule has 1 aromatic heterocycles. The highest BCUT2D eigenvalue weighted by Crippen LogP contribution is 2.01. The van der Waals surface area contributed by atoms with Crippen molar-refractivity contribution in [1.82, 2.24) is 4.98 Å². The fourth-order valence-corrected chi connectivity index (χ4v) is 1.96. The van der Waals surface area contributed by atoms with Crippen molar-refractivity contribution in [2.75, 3.05) is 0 Å². The van der Waals surface area contributed by atoms with Crippen molar-refractivity contribution in [3.05, 3.63) is 23.9 Å². The van der Waals surface area contributed by atoms with Gasteiger partial charge < -0.3 is 0 Å². The Kier molecular flexibility index (Phi) is 2.29. The van der Waals surface area contributed by atoms with Gasteiger partial charge in [0.1, 0.15) is 8.07 Å². The van der Waals surface area contributed by atoms with E-state index in [1.165, 1.54) is 0 Å². The first kappa shape index (κ1) is 8.95. The predicted molar refractivity (Wildman–Crippen MR) is 51.9 cm³/mol. The first-order valence-corrected chi connectivity index (χ1v) is 7.40. The van der Waals surface area contributed by atoms with Crippen LogP contribution < -0.4 is 5.32 Å². The highest BCUT2D eigenvalue weighted by molar-refractivity contribution is 6.88. The first-order valence-electron chi connectivity index (χ1n) is 3.90. The molecule has 1 aromatic rings. The van der Waals surface area contributed by atoms with E-state index >= 15 is 0 Å². The van der Waals surface area contributed by atoms with Gasteiger partial charge in [0.2, 0.25) is 0 Å². The van der Waals surface area contributed by atoms with Crippen LogP contribution in [0.1, 0.15) is 5.56 Å². The van der Waals surface area contributed by atoms with Gasteiger partial charge in [-0.1, -0.05) is 19.6 Å². The standard InChI is InChI=1S/C9H12N2Si/c1-12(2,3)9-6-8(7-10)4-5-11-9/h4-6H,1-3H3. The maximum atomic E-state index is 8.67. The average Bonchev–Trinajstić information content (AvgIpc) is 2.03. The molecule has 0 aliphatic heterocycles. The molecule has 1 heterocycles. The van der Waals surface area contributed by atoms with E-state index in [9.17, 15) is 0 Å². The molecular weight excluding hydrogens is 164 g/mol. The Morgan fingerprint density at radius 1 is 1.42 bits per heavy atom. The lowest BCUT2D eigenvalue weighted by Gasteiger charge is -2.14. The van der Waals surface area contributed by atoms with E-state index in [2.05, 4.69) is 30.7 Å². The number of hydrogen-bond donors (Lipinski definition) is 0. The SMILES string of the molecule is C[Si](C)(C)c1cc(C#N)ccn1. The topological polar surface area (TPSA) is 36.7 Å². The number of aromatic nitrogens is 1. The first-order chi connectivity index (χ1) is 5.54. The molecule has 2 nitrogen and oxygen atoms in total. The molecule has 62 valence electrons. The fraction of sp³-hybridized carbons (Fsp3) is 0.333. The Morgan fingerprint density at radius 2 is 2.08 bits per heavy atom. The molecule has 0 radical (unpaired) electrons. The zero-order chi connectivity index (χ0) is 9.19. The molecule has 0 saturated carbocycles. The number of nitriles is 1. The van der Waals surface area contributed by atoms with E-state index < -0.39 is 8.07 Å². The Balaban J connectivity index is 3.13. The molecule has 0 aromatic carbocycles. The number of pyridine rings is 1. The van der Waals surface area contributed by atoms with Gasteiger partial charge in [-0.25, -0.2) is 0 Å². The molecule has 0 spiro atoms. The van der Waals surface area contributed by atoms with E-state index in [0.717, 1.165) is 5.32 Å². The minimum atomic E-state index is -1.34. The monoisotopic (exact) mass is 176 g/mol. The minimum absolute atomic E-state index is 0.711. The maximum Gasteiger partial charge on any atom is 0.101 e. The second-order valence-corrected chi connectivity index (χ2v) is 8.80. The van der Waals surface area contributed by atoms with Crippen LogP contribution in [0.25, 0.3) is 0 Å². The summed E-state index contributed by atoms with van der Waals surface area (Å²) in [5, 5.41) is 9.76. The van der Waals surface area contributed by atoms with E-state index in [1.807, 2.05) is 6.07 Å². The van der Waals surface area contributed by atoms with Crippen molar-refractivity contribution in [1.29, 1.82) is 5.26 Å². The van der Waals surface area contributed by atoms with Crippen molar-refractivity contribution < 1.29 is 0 Å². The van der Waals surface area contributed by atoms with Gasteiger partial charge in [0.25, 0.3) is 0 Å². The van der Waals surface area contributed by atoms with Crippen LogP contribution in [0.3, 0.4) is 0 Å². The van der Waals surface area contributed by atoms with Crippen LogP contribution in [-0.4, -0.2) is 13.1 Å². The number of rotatable bonds is 1. The summed E-state index contributed by atoms with van der Waals surface area (Å²) in [5.74, 6) is 0. The highest BCUT2D eigenvalue weighted by atomic mass is 28.3. The van der Waals surface area contributed by atoms with Crippen LogP contribution in [0.4, 0.5) is 0 Å². The Morgan fingerprint density at radius 3 is 2.58 bits per heavy atom. The molecule has 0 saturated heterocycles. The molecule has 0 fully saturated rings. The molecule has 3 heteroatoms. The van der Waals surface area contributed by atoms with Crippen molar-refractivity contribution in [3.8, 4) is 6.07 Å². The van der Waals surface area contributed by atoms with Gasteiger partial charge in [-0.15, -0.1) is 0 Å². The van der Waals surface area contributed by atoms with Crippen LogP contribution in [0.2, 0.25) is 19.6 Å². The average molecular weight is 176 g/mol. The quantitative estimate of drug-likeness (QED) is 0.608. The molecule has 0 amide bonds. The summed E-state index contributed by atoms with van der Waals surface area (Å²) in [6, 6.07) is 5.76. The lowest BCUT2D eigenvalue weighted by atomic mass is 10.3. The summed E-state index contributed by atoms with van der Waals surface area (Å²) in [4.78, 5) is 4.27. The molecule has 12 heavy (non-hydrogen) atoms. The molecule has 0 aliphatic carbocycles. The van der Waals surface area contributed by atoms with Gasteiger partial charge in [0.05, 0.1) is 11.6 Å². The molecule has 0 unspecified atom stereocenters. The molecular formula is C9H12N2Si. The number of nitrogens with zero attached hydrogens (tertiary/aromatic N) is 2. The van der Waals surface area contributed by atoms with Crippen LogP contribution in [0.5, 0.6) is 0 Å². The van der Waals surface area contributed by atoms with E-state index in [0.29, 0.717) is 5.56 Å². The normalized spacial score (nSPS) is 10.8. The van der Waals surface area contributed by atoms with Gasteiger partial charge >= 0.3 is 0 Å². The highest BCUT2D eigenvalue weighted by Gasteiger charge is 2.17. The maximum absolute atomic E-state index is 8.67. The Bertz CT molecular complexity index is 320. The summed E-state index contributed by atoms with van der Waals surface area (Å²) in [6.45, 7) is 6.66.